The molecule has 27 heavy (non-hydrogen) atoms. The molecular formula is C21H22N2O4. The second-order valence-corrected chi connectivity index (χ2v) is 6.31. The Balaban J connectivity index is 1.72. The number of aromatic nitrogens is 1. The molecule has 6 heteroatoms. The topological polar surface area (TPSA) is 91.4 Å². The van der Waals surface area contributed by atoms with Gasteiger partial charge in [-0.3, -0.25) is 4.79 Å². The van der Waals surface area contributed by atoms with Crippen molar-refractivity contribution in [2.45, 2.75) is 32.4 Å². The van der Waals surface area contributed by atoms with E-state index in [1.165, 1.54) is 0 Å². The largest absolute Gasteiger partial charge is 0.489 e. The Hall–Kier alpha value is -3.28. The van der Waals surface area contributed by atoms with Crippen LogP contribution in [0.5, 0.6) is 5.75 Å². The van der Waals surface area contributed by atoms with Gasteiger partial charge in [0.2, 0.25) is 5.91 Å². The summed E-state index contributed by atoms with van der Waals surface area (Å²) in [6.45, 7) is 2.17. The smallest absolute Gasteiger partial charge is 0.326 e. The highest BCUT2D eigenvalue weighted by atomic mass is 16.5. The quantitative estimate of drug-likeness (QED) is 0.571. The van der Waals surface area contributed by atoms with Crippen molar-refractivity contribution in [1.82, 2.24) is 10.3 Å². The Morgan fingerprint density at radius 1 is 1.19 bits per heavy atom. The number of hydrogen-bond donors (Lipinski definition) is 3. The maximum atomic E-state index is 11.6. The van der Waals surface area contributed by atoms with Crippen LogP contribution in [0.3, 0.4) is 0 Å². The lowest BCUT2D eigenvalue weighted by molar-refractivity contribution is -0.141. The van der Waals surface area contributed by atoms with Crippen LogP contribution in [0.25, 0.3) is 10.9 Å². The van der Waals surface area contributed by atoms with E-state index in [0.717, 1.165) is 27.8 Å². The molecule has 1 aromatic heterocycles. The van der Waals surface area contributed by atoms with Gasteiger partial charge in [-0.05, 0) is 23.3 Å². The van der Waals surface area contributed by atoms with Gasteiger partial charge >= 0.3 is 5.97 Å². The van der Waals surface area contributed by atoms with Gasteiger partial charge < -0.3 is 20.1 Å². The maximum Gasteiger partial charge on any atom is 0.326 e. The number of carboxylic acid groups (broad SMARTS) is 1. The number of hydrogen-bond acceptors (Lipinski definition) is 3. The van der Waals surface area contributed by atoms with Crippen molar-refractivity contribution in [2.24, 2.45) is 0 Å². The van der Waals surface area contributed by atoms with Gasteiger partial charge in [-0.25, -0.2) is 4.79 Å². The third-order valence-corrected chi connectivity index (χ3v) is 4.37. The number of H-pyrrole nitrogens is 1. The van der Waals surface area contributed by atoms with Crippen molar-refractivity contribution in [1.29, 1.82) is 0 Å². The van der Waals surface area contributed by atoms with Crippen molar-refractivity contribution in [3.8, 4) is 5.75 Å². The molecule has 0 spiro atoms. The summed E-state index contributed by atoms with van der Waals surface area (Å²) in [7, 11) is 0. The van der Waals surface area contributed by atoms with Crippen LogP contribution in [0.2, 0.25) is 0 Å². The third kappa shape index (κ3) is 4.67. The predicted molar refractivity (Wildman–Crippen MR) is 103 cm³/mol. The van der Waals surface area contributed by atoms with E-state index in [1.807, 2.05) is 48.5 Å². The first-order valence-corrected chi connectivity index (χ1v) is 8.85. The first-order chi connectivity index (χ1) is 13.1. The number of ether oxygens (including phenoxy) is 1. The fraction of sp³-hybridized carbons (Fsp3) is 0.238. The maximum absolute atomic E-state index is 11.6. The van der Waals surface area contributed by atoms with Gasteiger partial charge in [-0.15, -0.1) is 0 Å². The molecule has 0 aliphatic heterocycles. The number of aliphatic carboxylic acids is 1. The molecule has 3 N–H and O–H groups in total. The van der Waals surface area contributed by atoms with E-state index < -0.39 is 12.0 Å². The van der Waals surface area contributed by atoms with Gasteiger partial charge in [-0.2, -0.15) is 0 Å². The van der Waals surface area contributed by atoms with Crippen LogP contribution in [0.4, 0.5) is 0 Å². The second-order valence-electron chi connectivity index (χ2n) is 6.31. The Morgan fingerprint density at radius 3 is 2.67 bits per heavy atom. The lowest BCUT2D eigenvalue weighted by atomic mass is 10.0. The Labute approximate surface area is 157 Å². The number of carboxylic acids is 1. The molecule has 1 amide bonds. The predicted octanol–water partition coefficient (Wildman–Crippen LogP) is 3.27. The van der Waals surface area contributed by atoms with E-state index in [2.05, 4.69) is 10.3 Å². The number of fused-ring (bicyclic) bond motifs is 1. The van der Waals surface area contributed by atoms with Gasteiger partial charge in [0.25, 0.3) is 0 Å². The molecule has 2 aromatic carbocycles. The Morgan fingerprint density at radius 2 is 1.96 bits per heavy atom. The van der Waals surface area contributed by atoms with Crippen molar-refractivity contribution in [3.63, 3.8) is 0 Å². The van der Waals surface area contributed by atoms with Crippen LogP contribution in [-0.4, -0.2) is 28.0 Å². The monoisotopic (exact) mass is 366 g/mol. The molecule has 1 atom stereocenters. The molecule has 0 aliphatic rings. The van der Waals surface area contributed by atoms with E-state index in [-0.39, 0.29) is 18.7 Å². The summed E-state index contributed by atoms with van der Waals surface area (Å²) < 4.78 is 5.82. The standard InChI is InChI=1S/C21H22N2O4/c1-2-20(24)23-19(21(25)26)10-15-12-22-18-11-16(8-9-17(15)18)27-13-14-6-4-3-5-7-14/h3-9,11-12,19,22H,2,10,13H2,1H3,(H,23,24)(H,25,26)/t19-/m0/s1. The van der Waals surface area contributed by atoms with E-state index in [4.69, 9.17) is 4.74 Å². The number of rotatable bonds is 8. The van der Waals surface area contributed by atoms with Crippen molar-refractivity contribution in [3.05, 3.63) is 65.9 Å². The van der Waals surface area contributed by atoms with Gasteiger partial charge in [0.1, 0.15) is 18.4 Å². The average molecular weight is 366 g/mol. The normalized spacial score (nSPS) is 11.9. The van der Waals surface area contributed by atoms with Crippen LogP contribution in [0.1, 0.15) is 24.5 Å². The lowest BCUT2D eigenvalue weighted by Gasteiger charge is -2.13. The fourth-order valence-electron chi connectivity index (χ4n) is 2.88. The molecule has 0 radical (unpaired) electrons. The molecule has 0 saturated heterocycles. The number of carbonyl (C=O) groups is 2. The first-order valence-electron chi connectivity index (χ1n) is 8.85. The van der Waals surface area contributed by atoms with Crippen LogP contribution >= 0.6 is 0 Å². The lowest BCUT2D eigenvalue weighted by Crippen LogP contribution is -2.41. The molecule has 3 aromatic rings. The van der Waals surface area contributed by atoms with Gasteiger partial charge in [0, 0.05) is 36.0 Å². The highest BCUT2D eigenvalue weighted by Gasteiger charge is 2.21. The molecule has 3 rings (SSSR count). The molecule has 6 nitrogen and oxygen atoms in total. The van der Waals surface area contributed by atoms with E-state index >= 15 is 0 Å². The summed E-state index contributed by atoms with van der Waals surface area (Å²) in [5.74, 6) is -0.596. The summed E-state index contributed by atoms with van der Waals surface area (Å²) in [5.41, 5.74) is 2.78. The molecule has 0 aliphatic carbocycles. The minimum absolute atomic E-state index is 0.214. The van der Waals surface area contributed by atoms with Crippen LogP contribution in [0.15, 0.2) is 54.7 Å². The Bertz CT molecular complexity index is 934. The molecule has 0 unspecified atom stereocenters. The number of carbonyl (C=O) groups excluding carboxylic acids is 1. The summed E-state index contributed by atoms with van der Waals surface area (Å²) in [5, 5.41) is 12.8. The molecule has 140 valence electrons. The zero-order valence-electron chi connectivity index (χ0n) is 15.1. The van der Waals surface area contributed by atoms with Crippen molar-refractivity contribution < 1.29 is 19.4 Å². The zero-order chi connectivity index (χ0) is 19.2. The van der Waals surface area contributed by atoms with Crippen molar-refractivity contribution >= 4 is 22.8 Å². The van der Waals surface area contributed by atoms with Gasteiger partial charge in [0.15, 0.2) is 0 Å². The van der Waals surface area contributed by atoms with Crippen LogP contribution in [0, 0.1) is 0 Å². The minimum Gasteiger partial charge on any atom is -0.489 e. The van der Waals surface area contributed by atoms with Gasteiger partial charge in [0.05, 0.1) is 0 Å². The summed E-state index contributed by atoms with van der Waals surface area (Å²) in [6, 6.07) is 14.6. The fourth-order valence-corrected chi connectivity index (χ4v) is 2.88. The third-order valence-electron chi connectivity index (χ3n) is 4.37. The van der Waals surface area contributed by atoms with Crippen molar-refractivity contribution in [2.75, 3.05) is 0 Å². The first kappa shape index (κ1) is 18.5. The summed E-state index contributed by atoms with van der Waals surface area (Å²) in [4.78, 5) is 26.1. The van der Waals surface area contributed by atoms with E-state index in [1.54, 1.807) is 13.1 Å². The highest BCUT2D eigenvalue weighted by molar-refractivity contribution is 5.87. The molecule has 0 bridgehead atoms. The van der Waals surface area contributed by atoms with E-state index in [0.29, 0.717) is 6.61 Å². The summed E-state index contributed by atoms with van der Waals surface area (Å²) in [6.07, 6.45) is 2.24. The number of benzene rings is 2. The summed E-state index contributed by atoms with van der Waals surface area (Å²) >= 11 is 0. The van der Waals surface area contributed by atoms with Gasteiger partial charge in [-0.1, -0.05) is 37.3 Å². The zero-order valence-corrected chi connectivity index (χ0v) is 15.1. The highest BCUT2D eigenvalue weighted by Crippen LogP contribution is 2.25. The van der Waals surface area contributed by atoms with Crippen LogP contribution in [-0.2, 0) is 22.6 Å². The van der Waals surface area contributed by atoms with Crippen LogP contribution < -0.4 is 10.1 Å². The number of aromatic amines is 1. The second kappa shape index (κ2) is 8.40. The molecule has 0 saturated carbocycles. The van der Waals surface area contributed by atoms with E-state index in [9.17, 15) is 14.7 Å². The number of nitrogens with one attached hydrogen (secondary N) is 2. The molecular weight excluding hydrogens is 344 g/mol. The SMILES string of the molecule is CCC(=O)N[C@@H](Cc1c[nH]c2cc(OCc3ccccc3)ccc12)C(=O)O. The minimum atomic E-state index is -1.05. The molecule has 0 fully saturated rings. The number of amides is 1. The Kier molecular flexibility index (Phi) is 5.76. The average Bonchev–Trinajstić information content (AvgIpc) is 3.08. The molecule has 1 heterocycles.